The summed E-state index contributed by atoms with van der Waals surface area (Å²) in [7, 11) is -9.92. The van der Waals surface area contributed by atoms with Crippen molar-refractivity contribution in [2.75, 3.05) is 39.6 Å². The first-order valence-corrected chi connectivity index (χ1v) is 43.6. The standard InChI is InChI=1S/C79H150O17P2/c1-5-9-13-17-21-25-28-31-34-35-36-37-40-43-46-50-54-58-62-66-79(84)96-75(70-90-77(82)64-60-56-52-48-44-41-38-32-29-26-22-18-14-10-6-2)72-94-98(87,88)92-68-73(80)67-91-97(85,86)93-71-74(69-89-76(81)63-59-55-51-47-24-20-16-12-8-4)95-78(83)65-61-57-53-49-45-42-39-33-30-27-23-19-15-11-7-3/h26,29,32,38,73-75,80H,5-25,27-28,30-31,33-37,39-72H2,1-4H3,(H,85,86)(H,87,88)/b29-26-,38-32-/t73-,74+,75+/m0/s1. The number of phosphoric acid groups is 2. The lowest BCUT2D eigenvalue weighted by atomic mass is 10.0. The lowest BCUT2D eigenvalue weighted by molar-refractivity contribution is -0.161. The van der Waals surface area contributed by atoms with E-state index in [1.807, 2.05) is 0 Å². The minimum absolute atomic E-state index is 0.102. The first-order valence-electron chi connectivity index (χ1n) is 40.6. The van der Waals surface area contributed by atoms with E-state index in [1.165, 1.54) is 212 Å². The van der Waals surface area contributed by atoms with Crippen LogP contribution in [0.5, 0.6) is 0 Å². The van der Waals surface area contributed by atoms with Crippen LogP contribution >= 0.6 is 15.6 Å². The minimum atomic E-state index is -4.97. The molecular formula is C79H150O17P2. The van der Waals surface area contributed by atoms with E-state index < -0.39 is 97.5 Å². The summed E-state index contributed by atoms with van der Waals surface area (Å²) in [5.41, 5.74) is 0. The fourth-order valence-electron chi connectivity index (χ4n) is 11.7. The van der Waals surface area contributed by atoms with Gasteiger partial charge in [-0.25, -0.2) is 9.13 Å². The molecule has 0 amide bonds. The molecule has 0 fully saturated rings. The minimum Gasteiger partial charge on any atom is -0.462 e. The van der Waals surface area contributed by atoms with Crippen molar-refractivity contribution in [2.24, 2.45) is 0 Å². The third-order valence-electron chi connectivity index (χ3n) is 18.0. The molecule has 3 N–H and O–H groups in total. The van der Waals surface area contributed by atoms with Crippen molar-refractivity contribution in [2.45, 2.75) is 418 Å². The molecule has 19 heteroatoms. The van der Waals surface area contributed by atoms with Crippen LogP contribution in [0.15, 0.2) is 24.3 Å². The normalized spacial score (nSPS) is 14.0. The van der Waals surface area contributed by atoms with Crippen LogP contribution in [-0.2, 0) is 65.4 Å². The highest BCUT2D eigenvalue weighted by Crippen LogP contribution is 2.45. The summed E-state index contributed by atoms with van der Waals surface area (Å²) in [6.45, 7) is 4.93. The van der Waals surface area contributed by atoms with Gasteiger partial charge in [0.15, 0.2) is 12.2 Å². The van der Waals surface area contributed by atoms with Crippen LogP contribution in [0, 0.1) is 0 Å². The van der Waals surface area contributed by atoms with Gasteiger partial charge in [0.2, 0.25) is 0 Å². The van der Waals surface area contributed by atoms with Gasteiger partial charge in [0.25, 0.3) is 0 Å². The SMILES string of the molecule is CCCCCC/C=C\C=C/CCCCCCCC(=O)OC[C@H](COP(=O)(O)OC[C@@H](O)COP(=O)(O)OC[C@@H](COC(=O)CCCCCCCCCCC)OC(=O)CCCCCCCCCCCCCCCCC)OC(=O)CCCCCCCCCCCCCCCCCCCCC. The molecule has 0 spiro atoms. The summed E-state index contributed by atoms with van der Waals surface area (Å²) in [5.74, 6) is -2.14. The molecule has 0 aliphatic rings. The van der Waals surface area contributed by atoms with E-state index in [1.54, 1.807) is 0 Å². The summed E-state index contributed by atoms with van der Waals surface area (Å²) < 4.78 is 68.6. The van der Waals surface area contributed by atoms with Crippen LogP contribution in [0.25, 0.3) is 0 Å². The van der Waals surface area contributed by atoms with Crippen molar-refractivity contribution in [3.8, 4) is 0 Å². The Labute approximate surface area is 599 Å². The maximum atomic E-state index is 13.1. The monoisotopic (exact) mass is 1430 g/mol. The molecule has 98 heavy (non-hydrogen) atoms. The zero-order valence-corrected chi connectivity index (χ0v) is 65.0. The van der Waals surface area contributed by atoms with Crippen LogP contribution < -0.4 is 0 Å². The zero-order valence-electron chi connectivity index (χ0n) is 63.2. The second-order valence-electron chi connectivity index (χ2n) is 27.8. The Hall–Kier alpha value is -2.46. The van der Waals surface area contributed by atoms with E-state index in [9.17, 15) is 43.2 Å². The van der Waals surface area contributed by atoms with Gasteiger partial charge in [0.05, 0.1) is 26.4 Å². The number of rotatable bonds is 78. The predicted octanol–water partition coefficient (Wildman–Crippen LogP) is 23.3. The topological polar surface area (TPSA) is 237 Å². The van der Waals surface area contributed by atoms with Crippen molar-refractivity contribution in [3.63, 3.8) is 0 Å². The molecule has 2 unspecified atom stereocenters. The van der Waals surface area contributed by atoms with Crippen molar-refractivity contribution >= 4 is 39.5 Å². The second kappa shape index (κ2) is 72.9. The zero-order chi connectivity index (χ0) is 71.8. The van der Waals surface area contributed by atoms with Crippen molar-refractivity contribution in [3.05, 3.63) is 24.3 Å². The number of hydrogen-bond acceptors (Lipinski definition) is 15. The predicted molar refractivity (Wildman–Crippen MR) is 400 cm³/mol. The number of allylic oxidation sites excluding steroid dienone is 4. The fraction of sp³-hybridized carbons (Fsp3) is 0.899. The lowest BCUT2D eigenvalue weighted by Gasteiger charge is -2.21. The van der Waals surface area contributed by atoms with Gasteiger partial charge >= 0.3 is 39.5 Å². The number of hydrogen-bond donors (Lipinski definition) is 3. The number of carbonyl (C=O) groups is 4. The molecule has 0 aromatic heterocycles. The molecule has 0 aliphatic heterocycles. The van der Waals surface area contributed by atoms with Gasteiger partial charge in [0.1, 0.15) is 19.3 Å². The average Bonchev–Trinajstić information content (AvgIpc) is 1.06. The van der Waals surface area contributed by atoms with Crippen molar-refractivity contribution in [1.29, 1.82) is 0 Å². The number of carbonyl (C=O) groups excluding carboxylic acids is 4. The summed E-state index contributed by atoms with van der Waals surface area (Å²) in [4.78, 5) is 72.9. The summed E-state index contributed by atoms with van der Waals surface area (Å²) in [5, 5.41) is 10.6. The Kier molecular flexibility index (Phi) is 71.0. The van der Waals surface area contributed by atoms with Gasteiger partial charge in [-0.3, -0.25) is 37.3 Å². The number of phosphoric ester groups is 2. The van der Waals surface area contributed by atoms with Crippen LogP contribution in [0.2, 0.25) is 0 Å². The van der Waals surface area contributed by atoms with E-state index in [-0.39, 0.29) is 25.7 Å². The lowest BCUT2D eigenvalue weighted by Crippen LogP contribution is -2.30. The molecule has 0 aliphatic carbocycles. The van der Waals surface area contributed by atoms with Gasteiger partial charge in [-0.2, -0.15) is 0 Å². The highest BCUT2D eigenvalue weighted by atomic mass is 31.2. The molecule has 0 saturated carbocycles. The average molecular weight is 1430 g/mol. The van der Waals surface area contributed by atoms with Gasteiger partial charge in [-0.15, -0.1) is 0 Å². The molecule has 5 atom stereocenters. The first kappa shape index (κ1) is 95.5. The van der Waals surface area contributed by atoms with E-state index in [0.29, 0.717) is 25.7 Å². The van der Waals surface area contributed by atoms with Crippen LogP contribution in [0.4, 0.5) is 0 Å². The number of ether oxygens (including phenoxy) is 4. The van der Waals surface area contributed by atoms with E-state index in [0.717, 1.165) is 109 Å². The molecule has 0 radical (unpaired) electrons. The number of aliphatic hydroxyl groups excluding tert-OH is 1. The van der Waals surface area contributed by atoms with Gasteiger partial charge in [-0.1, -0.05) is 347 Å². The smallest absolute Gasteiger partial charge is 0.462 e. The first-order chi connectivity index (χ1) is 47.7. The quantitative estimate of drug-likeness (QED) is 0.0169. The second-order valence-corrected chi connectivity index (χ2v) is 30.7. The maximum Gasteiger partial charge on any atom is 0.472 e. The van der Waals surface area contributed by atoms with Gasteiger partial charge < -0.3 is 33.8 Å². The molecule has 0 aromatic carbocycles. The molecule has 17 nitrogen and oxygen atoms in total. The Morgan fingerprint density at radius 2 is 0.490 bits per heavy atom. The third kappa shape index (κ3) is 71.9. The van der Waals surface area contributed by atoms with Crippen LogP contribution in [-0.4, -0.2) is 96.7 Å². The van der Waals surface area contributed by atoms with E-state index >= 15 is 0 Å². The van der Waals surface area contributed by atoms with Gasteiger partial charge in [0, 0.05) is 25.7 Å². The fourth-order valence-corrected chi connectivity index (χ4v) is 13.3. The van der Waals surface area contributed by atoms with Gasteiger partial charge in [-0.05, 0) is 51.4 Å². The third-order valence-corrected chi connectivity index (χ3v) is 19.9. The maximum absolute atomic E-state index is 13.1. The Morgan fingerprint density at radius 1 is 0.286 bits per heavy atom. The Balaban J connectivity index is 5.25. The van der Waals surface area contributed by atoms with E-state index in [2.05, 4.69) is 52.0 Å². The summed E-state index contributed by atoms with van der Waals surface area (Å²) in [6.07, 6.45) is 67.4. The molecule has 0 saturated heterocycles. The molecule has 0 rings (SSSR count). The molecule has 0 bridgehead atoms. The Bertz CT molecular complexity index is 1950. The highest BCUT2D eigenvalue weighted by molar-refractivity contribution is 7.47. The molecular weight excluding hydrogens is 1280 g/mol. The Morgan fingerprint density at radius 3 is 0.745 bits per heavy atom. The van der Waals surface area contributed by atoms with E-state index in [4.69, 9.17) is 37.0 Å². The number of unbranched alkanes of at least 4 members (excludes halogenated alkanes) is 49. The molecule has 578 valence electrons. The molecule has 0 heterocycles. The largest absolute Gasteiger partial charge is 0.472 e. The number of esters is 4. The van der Waals surface area contributed by atoms with Crippen molar-refractivity contribution < 1.29 is 80.2 Å². The summed E-state index contributed by atoms with van der Waals surface area (Å²) >= 11 is 0. The molecule has 0 aromatic rings. The highest BCUT2D eigenvalue weighted by Gasteiger charge is 2.30. The van der Waals surface area contributed by atoms with Crippen LogP contribution in [0.1, 0.15) is 400 Å². The number of aliphatic hydroxyl groups is 1. The van der Waals surface area contributed by atoms with Crippen LogP contribution in [0.3, 0.4) is 0 Å². The summed E-state index contributed by atoms with van der Waals surface area (Å²) in [6, 6.07) is 0. The van der Waals surface area contributed by atoms with Crippen molar-refractivity contribution in [1.82, 2.24) is 0 Å².